The highest BCUT2D eigenvalue weighted by Gasteiger charge is 2.04. The number of allylic oxidation sites excluding steroid dienone is 1. The third kappa shape index (κ3) is 8.83. The number of guanidine groups is 1. The summed E-state index contributed by atoms with van der Waals surface area (Å²) in [5, 5.41) is 3.34. The van der Waals surface area contributed by atoms with E-state index in [0.717, 1.165) is 50.6 Å². The first-order chi connectivity index (χ1) is 10.7. The number of nitrogens with one attached hydrogen (secondary N) is 1. The summed E-state index contributed by atoms with van der Waals surface area (Å²) < 4.78 is 5.25. The predicted molar refractivity (Wildman–Crippen MR) is 110 cm³/mol. The Kier molecular flexibility index (Phi) is 12.5. The Hall–Kier alpha value is -1.24. The molecular weight excluding hydrogens is 401 g/mol. The summed E-state index contributed by atoms with van der Waals surface area (Å²) in [5.41, 5.74) is 1.24. The standard InChI is InChI=1S/C18H29N3O.HI/c1-5-7-8-14-21(3)18(19-6-2)20-13-12-16-10-9-11-17(15-16)22-4;/h5,9-11,15H,1,6-8,12-14H2,2-4H3,(H,19,20);1H. The fourth-order valence-corrected chi connectivity index (χ4v) is 2.17. The van der Waals surface area contributed by atoms with Gasteiger partial charge in [-0.25, -0.2) is 0 Å². The molecule has 4 nitrogen and oxygen atoms in total. The van der Waals surface area contributed by atoms with Crippen molar-refractivity contribution in [2.24, 2.45) is 4.99 Å². The first-order valence-electron chi connectivity index (χ1n) is 7.94. The van der Waals surface area contributed by atoms with E-state index in [0.29, 0.717) is 0 Å². The van der Waals surface area contributed by atoms with E-state index in [1.807, 2.05) is 18.2 Å². The number of hydrogen-bond acceptors (Lipinski definition) is 2. The monoisotopic (exact) mass is 431 g/mol. The van der Waals surface area contributed by atoms with Gasteiger partial charge in [0.2, 0.25) is 0 Å². The van der Waals surface area contributed by atoms with Crippen LogP contribution >= 0.6 is 24.0 Å². The second kappa shape index (κ2) is 13.2. The summed E-state index contributed by atoms with van der Waals surface area (Å²) in [5.74, 6) is 1.87. The number of nitrogens with zero attached hydrogens (tertiary/aromatic N) is 2. The average Bonchev–Trinajstić information content (AvgIpc) is 2.54. The molecule has 0 spiro atoms. The van der Waals surface area contributed by atoms with Crippen molar-refractivity contribution < 1.29 is 4.74 Å². The van der Waals surface area contributed by atoms with Crippen LogP contribution in [0.2, 0.25) is 0 Å². The first-order valence-corrected chi connectivity index (χ1v) is 7.94. The van der Waals surface area contributed by atoms with Crippen molar-refractivity contribution in [1.82, 2.24) is 10.2 Å². The lowest BCUT2D eigenvalue weighted by molar-refractivity contribution is 0.414. The summed E-state index contributed by atoms with van der Waals surface area (Å²) in [6.07, 6.45) is 5.00. The summed E-state index contributed by atoms with van der Waals surface area (Å²) in [4.78, 5) is 6.89. The van der Waals surface area contributed by atoms with Crippen LogP contribution < -0.4 is 10.1 Å². The number of halogens is 1. The van der Waals surface area contributed by atoms with Crippen molar-refractivity contribution in [2.75, 3.05) is 33.8 Å². The van der Waals surface area contributed by atoms with E-state index in [1.54, 1.807) is 7.11 Å². The quantitative estimate of drug-likeness (QED) is 0.213. The van der Waals surface area contributed by atoms with Crippen LogP contribution in [0.3, 0.4) is 0 Å². The largest absolute Gasteiger partial charge is 0.497 e. The molecule has 0 aliphatic rings. The molecular formula is C18H30IN3O. The van der Waals surface area contributed by atoms with Gasteiger partial charge in [0.15, 0.2) is 5.96 Å². The van der Waals surface area contributed by atoms with Crippen LogP contribution in [0.1, 0.15) is 25.3 Å². The van der Waals surface area contributed by atoms with Crippen molar-refractivity contribution in [3.8, 4) is 5.75 Å². The van der Waals surface area contributed by atoms with Crippen molar-refractivity contribution in [3.63, 3.8) is 0 Å². The lowest BCUT2D eigenvalue weighted by Gasteiger charge is -2.21. The van der Waals surface area contributed by atoms with Crippen molar-refractivity contribution in [1.29, 1.82) is 0 Å². The predicted octanol–water partition coefficient (Wildman–Crippen LogP) is 3.72. The van der Waals surface area contributed by atoms with Gasteiger partial charge in [0.05, 0.1) is 7.11 Å². The van der Waals surface area contributed by atoms with E-state index in [2.05, 4.69) is 42.9 Å². The Balaban J connectivity index is 0.00000484. The van der Waals surface area contributed by atoms with Gasteiger partial charge in [-0.3, -0.25) is 4.99 Å². The maximum Gasteiger partial charge on any atom is 0.193 e. The van der Waals surface area contributed by atoms with Gasteiger partial charge in [-0.05, 0) is 43.9 Å². The van der Waals surface area contributed by atoms with Gasteiger partial charge in [0.1, 0.15) is 5.75 Å². The SMILES string of the molecule is C=CCCCN(C)C(=NCCc1cccc(OC)c1)NCC.I. The summed E-state index contributed by atoms with van der Waals surface area (Å²) >= 11 is 0. The van der Waals surface area contributed by atoms with Crippen LogP contribution in [0.4, 0.5) is 0 Å². The van der Waals surface area contributed by atoms with E-state index < -0.39 is 0 Å². The lowest BCUT2D eigenvalue weighted by Crippen LogP contribution is -2.39. The zero-order valence-corrected chi connectivity index (χ0v) is 16.9. The molecule has 5 heteroatoms. The Labute approximate surface area is 158 Å². The van der Waals surface area contributed by atoms with Crippen LogP contribution in [-0.4, -0.2) is 44.7 Å². The molecule has 1 aromatic rings. The van der Waals surface area contributed by atoms with E-state index in [1.165, 1.54) is 5.56 Å². The Morgan fingerprint density at radius 1 is 1.43 bits per heavy atom. The molecule has 130 valence electrons. The number of unbranched alkanes of at least 4 members (excludes halogenated alkanes) is 1. The maximum atomic E-state index is 5.25. The number of methoxy groups -OCH3 is 1. The minimum absolute atomic E-state index is 0. The molecule has 0 unspecified atom stereocenters. The molecule has 0 radical (unpaired) electrons. The Morgan fingerprint density at radius 2 is 2.22 bits per heavy atom. The number of rotatable bonds is 9. The molecule has 1 rings (SSSR count). The minimum atomic E-state index is 0. The molecule has 0 aliphatic carbocycles. The highest BCUT2D eigenvalue weighted by Crippen LogP contribution is 2.12. The van der Waals surface area contributed by atoms with E-state index in [4.69, 9.17) is 9.73 Å². The fraction of sp³-hybridized carbons (Fsp3) is 0.500. The van der Waals surface area contributed by atoms with Gasteiger partial charge >= 0.3 is 0 Å². The first kappa shape index (κ1) is 21.8. The number of aliphatic imine (C=N–C) groups is 1. The van der Waals surface area contributed by atoms with E-state index in [-0.39, 0.29) is 24.0 Å². The van der Waals surface area contributed by atoms with Gasteiger partial charge in [0, 0.05) is 26.7 Å². The van der Waals surface area contributed by atoms with Gasteiger partial charge in [-0.15, -0.1) is 30.6 Å². The van der Waals surface area contributed by atoms with Crippen LogP contribution in [0.15, 0.2) is 41.9 Å². The van der Waals surface area contributed by atoms with Gasteiger partial charge < -0.3 is 15.0 Å². The Morgan fingerprint density at radius 3 is 2.87 bits per heavy atom. The maximum absolute atomic E-state index is 5.25. The molecule has 0 fully saturated rings. The average molecular weight is 431 g/mol. The molecule has 0 amide bonds. The number of benzene rings is 1. The second-order valence-electron chi connectivity index (χ2n) is 5.19. The third-order valence-corrected chi connectivity index (χ3v) is 3.39. The Bertz CT molecular complexity index is 477. The van der Waals surface area contributed by atoms with Crippen LogP contribution in [0.25, 0.3) is 0 Å². The fourth-order valence-electron chi connectivity index (χ4n) is 2.17. The van der Waals surface area contributed by atoms with Crippen LogP contribution in [0, 0.1) is 0 Å². The van der Waals surface area contributed by atoms with Gasteiger partial charge in [-0.2, -0.15) is 0 Å². The van der Waals surface area contributed by atoms with Crippen molar-refractivity contribution in [3.05, 3.63) is 42.5 Å². The lowest BCUT2D eigenvalue weighted by atomic mass is 10.1. The normalized spacial score (nSPS) is 10.7. The molecule has 23 heavy (non-hydrogen) atoms. The van der Waals surface area contributed by atoms with Crippen molar-refractivity contribution in [2.45, 2.75) is 26.2 Å². The molecule has 0 atom stereocenters. The molecule has 0 aromatic heterocycles. The van der Waals surface area contributed by atoms with Crippen molar-refractivity contribution >= 4 is 29.9 Å². The summed E-state index contributed by atoms with van der Waals surface area (Å²) in [7, 11) is 3.77. The molecule has 1 N–H and O–H groups in total. The summed E-state index contributed by atoms with van der Waals surface area (Å²) in [6.45, 7) is 8.48. The zero-order chi connectivity index (χ0) is 16.2. The number of ether oxygens (including phenoxy) is 1. The summed E-state index contributed by atoms with van der Waals surface area (Å²) in [6, 6.07) is 8.16. The number of hydrogen-bond donors (Lipinski definition) is 1. The third-order valence-electron chi connectivity index (χ3n) is 3.39. The molecule has 0 heterocycles. The topological polar surface area (TPSA) is 36.9 Å². The molecule has 0 bridgehead atoms. The van der Waals surface area contributed by atoms with Gasteiger partial charge in [-0.1, -0.05) is 18.2 Å². The molecule has 0 aliphatic heterocycles. The van der Waals surface area contributed by atoms with Crippen LogP contribution in [0.5, 0.6) is 5.75 Å². The van der Waals surface area contributed by atoms with E-state index >= 15 is 0 Å². The molecule has 0 saturated heterocycles. The zero-order valence-electron chi connectivity index (χ0n) is 14.5. The molecule has 1 aromatic carbocycles. The van der Waals surface area contributed by atoms with Crippen LogP contribution in [-0.2, 0) is 6.42 Å². The van der Waals surface area contributed by atoms with E-state index in [9.17, 15) is 0 Å². The molecule has 0 saturated carbocycles. The second-order valence-corrected chi connectivity index (χ2v) is 5.19. The smallest absolute Gasteiger partial charge is 0.193 e. The highest BCUT2D eigenvalue weighted by atomic mass is 127. The van der Waals surface area contributed by atoms with Gasteiger partial charge in [0.25, 0.3) is 0 Å². The minimum Gasteiger partial charge on any atom is -0.497 e. The highest BCUT2D eigenvalue weighted by molar-refractivity contribution is 14.0.